The van der Waals surface area contributed by atoms with Crippen LogP contribution in [0.3, 0.4) is 0 Å². The van der Waals surface area contributed by atoms with Crippen molar-refractivity contribution in [2.75, 3.05) is 5.73 Å². The lowest BCUT2D eigenvalue weighted by Crippen LogP contribution is -2.08. The number of hydrogen-bond acceptors (Lipinski definition) is 5. The largest absolute Gasteiger partial charge is 0.368 e. The van der Waals surface area contributed by atoms with Gasteiger partial charge in [0.2, 0.25) is 5.95 Å². The highest BCUT2D eigenvalue weighted by molar-refractivity contribution is 5.61. The summed E-state index contributed by atoms with van der Waals surface area (Å²) in [4.78, 5) is 12.4. The van der Waals surface area contributed by atoms with Crippen molar-refractivity contribution in [3.8, 4) is 17.3 Å². The van der Waals surface area contributed by atoms with Crippen molar-refractivity contribution in [1.82, 2.24) is 24.7 Å². The molecule has 0 unspecified atom stereocenters. The summed E-state index contributed by atoms with van der Waals surface area (Å²) in [5, 5.41) is 4.04. The average Bonchev–Trinajstić information content (AvgIpc) is 2.95. The summed E-state index contributed by atoms with van der Waals surface area (Å²) in [6.07, 6.45) is 3.30. The first-order valence-electron chi connectivity index (χ1n) is 5.91. The van der Waals surface area contributed by atoms with Crippen molar-refractivity contribution >= 4 is 5.95 Å². The number of aryl methyl sites for hydroxylation is 1. The Hall–Kier alpha value is -2.83. The Kier molecular flexibility index (Phi) is 2.86. The zero-order chi connectivity index (χ0) is 14.1. The smallest absolute Gasteiger partial charge is 0.255 e. The molecule has 2 N–H and O–H groups in total. The van der Waals surface area contributed by atoms with Crippen LogP contribution in [0.2, 0.25) is 0 Å². The van der Waals surface area contributed by atoms with E-state index in [1.807, 2.05) is 6.92 Å². The van der Waals surface area contributed by atoms with Crippen LogP contribution in [0.15, 0.2) is 36.7 Å². The van der Waals surface area contributed by atoms with Gasteiger partial charge in [-0.15, -0.1) is 0 Å². The second-order valence-electron chi connectivity index (χ2n) is 4.23. The standard InChI is InChI=1S/C13H11FN6/c1-8-3-4-9(14)7-10(8)11-17-12(15)19-13(18-11)20-6-2-5-16-20/h2-7H,1H3,(H2,15,17,18,19). The molecule has 20 heavy (non-hydrogen) atoms. The number of rotatable bonds is 2. The third kappa shape index (κ3) is 2.20. The summed E-state index contributed by atoms with van der Waals surface area (Å²) in [6.45, 7) is 1.85. The number of aromatic nitrogens is 5. The van der Waals surface area contributed by atoms with Crippen molar-refractivity contribution in [2.24, 2.45) is 0 Å². The molecular weight excluding hydrogens is 259 g/mol. The zero-order valence-electron chi connectivity index (χ0n) is 10.7. The Morgan fingerprint density at radius 1 is 1.20 bits per heavy atom. The molecule has 0 aliphatic rings. The van der Waals surface area contributed by atoms with Crippen molar-refractivity contribution in [3.05, 3.63) is 48.0 Å². The highest BCUT2D eigenvalue weighted by Crippen LogP contribution is 2.21. The SMILES string of the molecule is Cc1ccc(F)cc1-c1nc(N)nc(-n2cccn2)n1. The maximum Gasteiger partial charge on any atom is 0.255 e. The van der Waals surface area contributed by atoms with Crippen LogP contribution in [-0.2, 0) is 0 Å². The maximum atomic E-state index is 13.4. The Labute approximate surface area is 114 Å². The Bertz CT molecular complexity index is 754. The molecule has 0 radical (unpaired) electrons. The number of benzene rings is 1. The van der Waals surface area contributed by atoms with Crippen LogP contribution in [0.1, 0.15) is 5.56 Å². The molecule has 6 nitrogen and oxygen atoms in total. The molecule has 1 aromatic carbocycles. The molecule has 0 amide bonds. The lowest BCUT2D eigenvalue weighted by molar-refractivity contribution is 0.627. The van der Waals surface area contributed by atoms with Gasteiger partial charge in [0.15, 0.2) is 5.82 Å². The summed E-state index contributed by atoms with van der Waals surface area (Å²) in [6, 6.07) is 6.17. The molecular formula is C13H11FN6. The van der Waals surface area contributed by atoms with Crippen LogP contribution in [0.5, 0.6) is 0 Å². The molecule has 0 bridgehead atoms. The van der Waals surface area contributed by atoms with E-state index in [1.54, 1.807) is 24.5 Å². The Morgan fingerprint density at radius 3 is 2.80 bits per heavy atom. The van der Waals surface area contributed by atoms with Crippen LogP contribution in [0.4, 0.5) is 10.3 Å². The molecule has 2 aromatic heterocycles. The third-order valence-corrected chi connectivity index (χ3v) is 2.79. The van der Waals surface area contributed by atoms with Gasteiger partial charge >= 0.3 is 0 Å². The topological polar surface area (TPSA) is 82.5 Å². The fourth-order valence-electron chi connectivity index (χ4n) is 1.83. The Morgan fingerprint density at radius 2 is 2.05 bits per heavy atom. The third-order valence-electron chi connectivity index (χ3n) is 2.79. The lowest BCUT2D eigenvalue weighted by atomic mass is 10.1. The van der Waals surface area contributed by atoms with Crippen molar-refractivity contribution in [1.29, 1.82) is 0 Å². The molecule has 0 saturated heterocycles. The monoisotopic (exact) mass is 270 g/mol. The molecule has 100 valence electrons. The van der Waals surface area contributed by atoms with Crippen molar-refractivity contribution < 1.29 is 4.39 Å². The van der Waals surface area contributed by atoms with Crippen molar-refractivity contribution in [3.63, 3.8) is 0 Å². The molecule has 3 rings (SSSR count). The lowest BCUT2D eigenvalue weighted by Gasteiger charge is -2.07. The second kappa shape index (κ2) is 4.69. The summed E-state index contributed by atoms with van der Waals surface area (Å²) in [5.41, 5.74) is 7.12. The molecule has 2 heterocycles. The summed E-state index contributed by atoms with van der Waals surface area (Å²) < 4.78 is 14.9. The van der Waals surface area contributed by atoms with E-state index >= 15 is 0 Å². The highest BCUT2D eigenvalue weighted by Gasteiger charge is 2.11. The van der Waals surface area contributed by atoms with Gasteiger partial charge in [-0.05, 0) is 30.7 Å². The first-order chi connectivity index (χ1) is 9.63. The minimum atomic E-state index is -0.356. The predicted octanol–water partition coefficient (Wildman–Crippen LogP) is 1.75. The van der Waals surface area contributed by atoms with E-state index in [0.29, 0.717) is 17.3 Å². The van der Waals surface area contributed by atoms with Gasteiger partial charge in [-0.2, -0.15) is 20.1 Å². The van der Waals surface area contributed by atoms with E-state index in [1.165, 1.54) is 16.8 Å². The van der Waals surface area contributed by atoms with Crippen molar-refractivity contribution in [2.45, 2.75) is 6.92 Å². The minimum absolute atomic E-state index is 0.0594. The molecule has 0 fully saturated rings. The predicted molar refractivity (Wildman–Crippen MR) is 71.5 cm³/mol. The molecule has 0 saturated carbocycles. The maximum absolute atomic E-state index is 13.4. The number of nitrogens with zero attached hydrogens (tertiary/aromatic N) is 5. The van der Waals surface area contributed by atoms with Crippen LogP contribution in [0.25, 0.3) is 17.3 Å². The van der Waals surface area contributed by atoms with Crippen LogP contribution >= 0.6 is 0 Å². The zero-order valence-corrected chi connectivity index (χ0v) is 10.7. The average molecular weight is 270 g/mol. The normalized spacial score (nSPS) is 10.7. The van der Waals surface area contributed by atoms with Gasteiger partial charge in [-0.1, -0.05) is 6.07 Å². The number of halogens is 1. The molecule has 0 spiro atoms. The van der Waals surface area contributed by atoms with E-state index in [0.717, 1.165) is 5.56 Å². The number of nitrogen functional groups attached to an aromatic ring is 1. The number of hydrogen-bond donors (Lipinski definition) is 1. The minimum Gasteiger partial charge on any atom is -0.368 e. The molecule has 0 aliphatic heterocycles. The van der Waals surface area contributed by atoms with Gasteiger partial charge in [0, 0.05) is 18.0 Å². The molecule has 0 aliphatic carbocycles. The van der Waals surface area contributed by atoms with Gasteiger partial charge < -0.3 is 5.73 Å². The van der Waals surface area contributed by atoms with Gasteiger partial charge in [0.05, 0.1) is 0 Å². The van der Waals surface area contributed by atoms with E-state index in [-0.39, 0.29) is 11.8 Å². The first-order valence-corrected chi connectivity index (χ1v) is 5.91. The highest BCUT2D eigenvalue weighted by atomic mass is 19.1. The number of anilines is 1. The molecule has 0 atom stereocenters. The summed E-state index contributed by atoms with van der Waals surface area (Å²) in [7, 11) is 0. The van der Waals surface area contributed by atoms with Gasteiger partial charge in [-0.25, -0.2) is 9.07 Å². The van der Waals surface area contributed by atoms with E-state index in [4.69, 9.17) is 5.73 Å². The van der Waals surface area contributed by atoms with Crippen LogP contribution in [0, 0.1) is 12.7 Å². The fraction of sp³-hybridized carbons (Fsp3) is 0.0769. The van der Waals surface area contributed by atoms with Crippen LogP contribution in [-0.4, -0.2) is 24.7 Å². The first kappa shape index (κ1) is 12.2. The van der Waals surface area contributed by atoms with E-state index in [2.05, 4.69) is 20.1 Å². The van der Waals surface area contributed by atoms with Gasteiger partial charge in [0.25, 0.3) is 5.95 Å². The van der Waals surface area contributed by atoms with Crippen LogP contribution < -0.4 is 5.73 Å². The molecule has 3 aromatic rings. The van der Waals surface area contributed by atoms with Gasteiger partial charge in [0.1, 0.15) is 5.82 Å². The van der Waals surface area contributed by atoms with Gasteiger partial charge in [-0.3, -0.25) is 0 Å². The molecule has 7 heteroatoms. The summed E-state index contributed by atoms with van der Waals surface area (Å²) >= 11 is 0. The number of nitrogens with two attached hydrogens (primary N) is 1. The Balaban J connectivity index is 2.17. The fourth-order valence-corrected chi connectivity index (χ4v) is 1.83. The quantitative estimate of drug-likeness (QED) is 0.767. The van der Waals surface area contributed by atoms with E-state index in [9.17, 15) is 4.39 Å². The van der Waals surface area contributed by atoms with E-state index < -0.39 is 0 Å². The second-order valence-corrected chi connectivity index (χ2v) is 4.23. The summed E-state index contributed by atoms with van der Waals surface area (Å²) in [5.74, 6) is 0.315.